The van der Waals surface area contributed by atoms with Crippen molar-refractivity contribution < 1.29 is 9.18 Å². The van der Waals surface area contributed by atoms with E-state index in [9.17, 15) is 9.18 Å². The molecule has 4 rings (SSSR count). The van der Waals surface area contributed by atoms with Crippen LogP contribution in [0.15, 0.2) is 42.7 Å². The third kappa shape index (κ3) is 4.11. The summed E-state index contributed by atoms with van der Waals surface area (Å²) < 4.78 is 14.0. The molecule has 1 aromatic carbocycles. The van der Waals surface area contributed by atoms with Gasteiger partial charge in [0.1, 0.15) is 5.82 Å². The van der Waals surface area contributed by atoms with Crippen LogP contribution >= 0.6 is 0 Å². The number of hydrogen-bond donors (Lipinski definition) is 0. The van der Waals surface area contributed by atoms with Gasteiger partial charge in [0.05, 0.1) is 23.1 Å². The van der Waals surface area contributed by atoms with Crippen LogP contribution in [-0.2, 0) is 0 Å². The Hall–Kier alpha value is -2.63. The molecule has 0 spiro atoms. The molecule has 1 aromatic heterocycles. The van der Waals surface area contributed by atoms with Crippen LogP contribution in [-0.4, -0.2) is 55.1 Å². The van der Waals surface area contributed by atoms with E-state index >= 15 is 0 Å². The highest BCUT2D eigenvalue weighted by atomic mass is 19.1. The van der Waals surface area contributed by atoms with Crippen LogP contribution in [0.1, 0.15) is 36.0 Å². The highest BCUT2D eigenvalue weighted by Crippen LogP contribution is 2.23. The zero-order valence-electron chi connectivity index (χ0n) is 16.2. The van der Waals surface area contributed by atoms with Crippen LogP contribution in [0, 0.1) is 5.82 Å². The van der Waals surface area contributed by atoms with Gasteiger partial charge in [0.25, 0.3) is 5.91 Å². The van der Waals surface area contributed by atoms with E-state index in [0.717, 1.165) is 18.8 Å². The van der Waals surface area contributed by atoms with Crippen molar-refractivity contribution in [2.45, 2.75) is 25.7 Å². The molecular formula is C22H27FN4O. The maximum atomic E-state index is 14.0. The average Bonchev–Trinajstić information content (AvgIpc) is 3.04. The predicted molar refractivity (Wildman–Crippen MR) is 109 cm³/mol. The number of rotatable bonds is 3. The number of amides is 1. The van der Waals surface area contributed by atoms with Gasteiger partial charge in [0, 0.05) is 45.5 Å². The van der Waals surface area contributed by atoms with E-state index in [1.165, 1.54) is 31.7 Å². The molecule has 148 valence electrons. The van der Waals surface area contributed by atoms with E-state index in [4.69, 9.17) is 0 Å². The average molecular weight is 382 g/mol. The van der Waals surface area contributed by atoms with Gasteiger partial charge >= 0.3 is 0 Å². The molecule has 0 atom stereocenters. The first kappa shape index (κ1) is 18.7. The third-order valence-electron chi connectivity index (χ3n) is 5.70. The number of benzene rings is 1. The minimum Gasteiger partial charge on any atom is -0.370 e. The molecule has 0 aliphatic carbocycles. The second-order valence-electron chi connectivity index (χ2n) is 7.56. The number of carbonyl (C=O) groups excluding carboxylic acids is 1. The standard InChI is InChI=1S/C22H27FN4O/c23-20-7-3-4-8-21(20)26-11-13-27(14-12-26)22(28)18-15-19(17-24-16-18)25-9-5-1-2-6-10-25/h3-4,7-8,15-17H,1-2,5-6,9-14H2. The van der Waals surface area contributed by atoms with Gasteiger partial charge in [0.2, 0.25) is 0 Å². The van der Waals surface area contributed by atoms with E-state index in [1.54, 1.807) is 18.3 Å². The first-order valence-corrected chi connectivity index (χ1v) is 10.2. The molecule has 2 aromatic rings. The van der Waals surface area contributed by atoms with Crippen LogP contribution in [0.4, 0.5) is 15.8 Å². The Bertz CT molecular complexity index is 812. The lowest BCUT2D eigenvalue weighted by atomic mass is 10.2. The fourth-order valence-corrected chi connectivity index (χ4v) is 4.09. The summed E-state index contributed by atoms with van der Waals surface area (Å²) in [6.45, 7) is 4.49. The zero-order valence-corrected chi connectivity index (χ0v) is 16.2. The third-order valence-corrected chi connectivity index (χ3v) is 5.70. The SMILES string of the molecule is O=C(c1cncc(N2CCCCCC2)c1)N1CCN(c2ccccc2F)CC1. The largest absolute Gasteiger partial charge is 0.370 e. The number of pyridine rings is 1. The van der Waals surface area contributed by atoms with Crippen LogP contribution in [0.2, 0.25) is 0 Å². The molecular weight excluding hydrogens is 355 g/mol. The molecule has 5 nitrogen and oxygen atoms in total. The van der Waals surface area contributed by atoms with Crippen LogP contribution in [0.5, 0.6) is 0 Å². The quantitative estimate of drug-likeness (QED) is 0.814. The van der Waals surface area contributed by atoms with E-state index in [0.29, 0.717) is 37.4 Å². The smallest absolute Gasteiger partial charge is 0.255 e. The highest BCUT2D eigenvalue weighted by molar-refractivity contribution is 5.95. The lowest BCUT2D eigenvalue weighted by Crippen LogP contribution is -2.49. The number of piperazine rings is 1. The number of anilines is 2. The van der Waals surface area contributed by atoms with Gasteiger partial charge in [-0.2, -0.15) is 0 Å². The van der Waals surface area contributed by atoms with Crippen molar-refractivity contribution in [1.29, 1.82) is 0 Å². The monoisotopic (exact) mass is 382 g/mol. The number of nitrogens with zero attached hydrogens (tertiary/aromatic N) is 4. The van der Waals surface area contributed by atoms with Crippen molar-refractivity contribution in [1.82, 2.24) is 9.88 Å². The highest BCUT2D eigenvalue weighted by Gasteiger charge is 2.24. The van der Waals surface area contributed by atoms with Gasteiger partial charge in [0.15, 0.2) is 0 Å². The van der Waals surface area contributed by atoms with Gasteiger partial charge in [-0.25, -0.2) is 4.39 Å². The Labute approximate surface area is 165 Å². The van der Waals surface area contributed by atoms with Crippen molar-refractivity contribution in [3.8, 4) is 0 Å². The summed E-state index contributed by atoms with van der Waals surface area (Å²) in [7, 11) is 0. The molecule has 0 radical (unpaired) electrons. The van der Waals surface area contributed by atoms with E-state index in [2.05, 4.69) is 9.88 Å². The lowest BCUT2D eigenvalue weighted by Gasteiger charge is -2.36. The number of aromatic nitrogens is 1. The molecule has 1 amide bonds. The number of halogens is 1. The summed E-state index contributed by atoms with van der Waals surface area (Å²) in [5, 5.41) is 0. The maximum absolute atomic E-state index is 14.0. The Morgan fingerprint density at radius 3 is 2.29 bits per heavy atom. The topological polar surface area (TPSA) is 39.7 Å². The molecule has 2 aliphatic heterocycles. The zero-order chi connectivity index (χ0) is 19.3. The lowest BCUT2D eigenvalue weighted by molar-refractivity contribution is 0.0746. The Morgan fingerprint density at radius 1 is 0.857 bits per heavy atom. The van der Waals surface area contributed by atoms with E-state index < -0.39 is 0 Å². The predicted octanol–water partition coefficient (Wildman–Crippen LogP) is 3.56. The minimum atomic E-state index is -0.211. The normalized spacial score (nSPS) is 18.1. The Kier molecular flexibility index (Phi) is 5.74. The number of carbonyl (C=O) groups is 1. The van der Waals surface area contributed by atoms with E-state index in [-0.39, 0.29) is 11.7 Å². The van der Waals surface area contributed by atoms with Gasteiger partial charge in [-0.3, -0.25) is 9.78 Å². The molecule has 2 fully saturated rings. The van der Waals surface area contributed by atoms with Gasteiger partial charge in [-0.05, 0) is 31.0 Å². The van der Waals surface area contributed by atoms with E-state index in [1.807, 2.05) is 28.1 Å². The second kappa shape index (κ2) is 8.59. The molecule has 6 heteroatoms. The Balaban J connectivity index is 1.41. The summed E-state index contributed by atoms with van der Waals surface area (Å²) in [5.41, 5.74) is 2.29. The van der Waals surface area contributed by atoms with Gasteiger partial charge in [-0.1, -0.05) is 25.0 Å². The summed E-state index contributed by atoms with van der Waals surface area (Å²) in [4.78, 5) is 23.5. The fraction of sp³-hybridized carbons (Fsp3) is 0.455. The first-order chi connectivity index (χ1) is 13.7. The summed E-state index contributed by atoms with van der Waals surface area (Å²) in [6.07, 6.45) is 8.45. The van der Waals surface area contributed by atoms with Crippen molar-refractivity contribution in [3.63, 3.8) is 0 Å². The van der Waals surface area contributed by atoms with Gasteiger partial charge in [-0.15, -0.1) is 0 Å². The molecule has 0 N–H and O–H groups in total. The fourth-order valence-electron chi connectivity index (χ4n) is 4.09. The summed E-state index contributed by atoms with van der Waals surface area (Å²) in [5.74, 6) is -0.200. The molecule has 0 saturated carbocycles. The first-order valence-electron chi connectivity index (χ1n) is 10.2. The number of para-hydroxylation sites is 1. The summed E-state index contributed by atoms with van der Waals surface area (Å²) in [6, 6.07) is 8.79. The van der Waals surface area contributed by atoms with Crippen molar-refractivity contribution in [2.75, 3.05) is 49.1 Å². The Morgan fingerprint density at radius 2 is 1.57 bits per heavy atom. The molecule has 0 bridgehead atoms. The molecule has 28 heavy (non-hydrogen) atoms. The van der Waals surface area contributed by atoms with Crippen molar-refractivity contribution in [3.05, 3.63) is 54.1 Å². The second-order valence-corrected chi connectivity index (χ2v) is 7.56. The molecule has 3 heterocycles. The minimum absolute atomic E-state index is 0.0114. The molecule has 2 aliphatic rings. The van der Waals surface area contributed by atoms with Gasteiger partial charge < -0.3 is 14.7 Å². The molecule has 2 saturated heterocycles. The van der Waals surface area contributed by atoms with Crippen LogP contribution in [0.3, 0.4) is 0 Å². The summed E-state index contributed by atoms with van der Waals surface area (Å²) >= 11 is 0. The number of hydrogen-bond acceptors (Lipinski definition) is 4. The maximum Gasteiger partial charge on any atom is 0.255 e. The van der Waals surface area contributed by atoms with Crippen molar-refractivity contribution in [2.24, 2.45) is 0 Å². The molecule has 0 unspecified atom stereocenters. The van der Waals surface area contributed by atoms with Crippen LogP contribution in [0.25, 0.3) is 0 Å². The van der Waals surface area contributed by atoms with Crippen LogP contribution < -0.4 is 9.80 Å². The van der Waals surface area contributed by atoms with Crippen molar-refractivity contribution >= 4 is 17.3 Å².